The van der Waals surface area contributed by atoms with Crippen LogP contribution in [0, 0.1) is 0 Å². The van der Waals surface area contributed by atoms with E-state index in [1.165, 1.54) is 18.2 Å². The lowest BCUT2D eigenvalue weighted by molar-refractivity contribution is 0.0773. The Morgan fingerprint density at radius 3 is 2.37 bits per heavy atom. The molecular weight excluding hydrogens is 413 g/mol. The standard InChI is InChI=1S/C17H19Cl2N3O4S/c1-3-22(4-2)17(24)12-5-11(6-13(18)7-12)9-27(25,26)10-14-15(23)8-16(19)21-20-14/h5-8H,3-4,9-10H2,1-2H3,(H,21,23). The Hall–Kier alpha value is -1.90. The van der Waals surface area contributed by atoms with E-state index in [9.17, 15) is 18.0 Å². The summed E-state index contributed by atoms with van der Waals surface area (Å²) in [7, 11) is -3.72. The third kappa shape index (κ3) is 5.79. The second-order valence-corrected chi connectivity index (χ2v) is 8.79. The Morgan fingerprint density at radius 2 is 1.78 bits per heavy atom. The molecule has 1 amide bonds. The number of benzene rings is 1. The molecule has 0 saturated heterocycles. The minimum Gasteiger partial charge on any atom is -0.339 e. The number of hydrogen-bond donors (Lipinski definition) is 1. The van der Waals surface area contributed by atoms with Crippen LogP contribution in [0.4, 0.5) is 0 Å². The van der Waals surface area contributed by atoms with Gasteiger partial charge in [0, 0.05) is 29.7 Å². The topological polar surface area (TPSA) is 100 Å². The van der Waals surface area contributed by atoms with Gasteiger partial charge in [-0.15, -0.1) is 0 Å². The minimum atomic E-state index is -3.72. The van der Waals surface area contributed by atoms with E-state index >= 15 is 0 Å². The van der Waals surface area contributed by atoms with Crippen molar-refractivity contribution in [1.29, 1.82) is 0 Å². The van der Waals surface area contributed by atoms with Crippen LogP contribution in [0.3, 0.4) is 0 Å². The average molecular weight is 432 g/mol. The van der Waals surface area contributed by atoms with E-state index in [0.717, 1.165) is 6.07 Å². The number of nitrogens with zero attached hydrogens (tertiary/aromatic N) is 2. The summed E-state index contributed by atoms with van der Waals surface area (Å²) in [5.74, 6) is -1.15. The number of sulfone groups is 1. The number of aromatic nitrogens is 2. The SMILES string of the molecule is CCN(CC)C(=O)c1cc(Cl)cc(CS(=O)(=O)Cc2n[nH]c(Cl)cc2=O)c1. The maximum atomic E-state index is 12.5. The van der Waals surface area contributed by atoms with Crippen LogP contribution in [0.5, 0.6) is 0 Å². The van der Waals surface area contributed by atoms with Crippen molar-refractivity contribution in [3.63, 3.8) is 0 Å². The predicted octanol–water partition coefficient (Wildman–Crippen LogP) is 2.67. The molecular formula is C17H19Cl2N3O4S. The van der Waals surface area contributed by atoms with Crippen LogP contribution in [0.1, 0.15) is 35.5 Å². The number of carbonyl (C=O) groups is 1. The number of carbonyl (C=O) groups excluding carboxylic acids is 1. The van der Waals surface area contributed by atoms with Crippen molar-refractivity contribution < 1.29 is 13.2 Å². The second kappa shape index (κ2) is 8.86. The second-order valence-electron chi connectivity index (χ2n) is 5.88. The maximum absolute atomic E-state index is 12.5. The minimum absolute atomic E-state index is 0.0237. The molecule has 10 heteroatoms. The summed E-state index contributed by atoms with van der Waals surface area (Å²) in [4.78, 5) is 25.9. The Balaban J connectivity index is 2.28. The summed E-state index contributed by atoms with van der Waals surface area (Å²) in [5.41, 5.74) is -0.0334. The molecule has 0 bridgehead atoms. The van der Waals surface area contributed by atoms with Crippen molar-refractivity contribution in [2.75, 3.05) is 13.1 Å². The summed E-state index contributed by atoms with van der Waals surface area (Å²) in [6.07, 6.45) is 0. The van der Waals surface area contributed by atoms with Crippen LogP contribution in [0.25, 0.3) is 0 Å². The molecule has 0 atom stereocenters. The van der Waals surface area contributed by atoms with Crippen molar-refractivity contribution in [2.24, 2.45) is 0 Å². The summed E-state index contributed by atoms with van der Waals surface area (Å²) in [6, 6.07) is 5.56. The van der Waals surface area contributed by atoms with Gasteiger partial charge in [-0.1, -0.05) is 23.2 Å². The number of rotatable bonds is 7. The van der Waals surface area contributed by atoms with E-state index < -0.39 is 21.0 Å². The van der Waals surface area contributed by atoms with Gasteiger partial charge in [0.1, 0.15) is 10.8 Å². The normalized spacial score (nSPS) is 11.4. The molecule has 0 unspecified atom stereocenters. The Labute approximate surface area is 167 Å². The highest BCUT2D eigenvalue weighted by Gasteiger charge is 2.19. The van der Waals surface area contributed by atoms with E-state index in [1.54, 1.807) is 4.90 Å². The third-order valence-electron chi connectivity index (χ3n) is 3.84. The van der Waals surface area contributed by atoms with Crippen molar-refractivity contribution in [1.82, 2.24) is 15.1 Å². The molecule has 146 valence electrons. The molecule has 1 aromatic carbocycles. The molecule has 1 aromatic heterocycles. The predicted molar refractivity (Wildman–Crippen MR) is 105 cm³/mol. The zero-order chi connectivity index (χ0) is 20.2. The van der Waals surface area contributed by atoms with Gasteiger partial charge >= 0.3 is 0 Å². The van der Waals surface area contributed by atoms with Crippen LogP contribution in [-0.4, -0.2) is 42.5 Å². The Bertz CT molecular complexity index is 1000. The van der Waals surface area contributed by atoms with E-state index in [0.29, 0.717) is 24.2 Å². The molecule has 0 saturated carbocycles. The summed E-state index contributed by atoms with van der Waals surface area (Å²) < 4.78 is 25.0. The first-order valence-electron chi connectivity index (χ1n) is 8.18. The van der Waals surface area contributed by atoms with Gasteiger partial charge in [-0.25, -0.2) is 8.42 Å². The number of hydrogen-bond acceptors (Lipinski definition) is 5. The third-order valence-corrected chi connectivity index (χ3v) is 5.74. The molecule has 0 radical (unpaired) electrons. The van der Waals surface area contributed by atoms with E-state index in [1.807, 2.05) is 13.8 Å². The van der Waals surface area contributed by atoms with Crippen LogP contribution in [0.15, 0.2) is 29.1 Å². The van der Waals surface area contributed by atoms with Gasteiger partial charge in [-0.2, -0.15) is 5.10 Å². The first-order chi connectivity index (χ1) is 12.6. The molecule has 27 heavy (non-hydrogen) atoms. The fourth-order valence-electron chi connectivity index (χ4n) is 2.57. The monoisotopic (exact) mass is 431 g/mol. The highest BCUT2D eigenvalue weighted by molar-refractivity contribution is 7.89. The van der Waals surface area contributed by atoms with E-state index in [2.05, 4.69) is 10.2 Å². The first kappa shape index (κ1) is 21.4. The van der Waals surface area contributed by atoms with E-state index in [4.69, 9.17) is 23.2 Å². The zero-order valence-corrected chi connectivity index (χ0v) is 17.2. The number of amides is 1. The van der Waals surface area contributed by atoms with Gasteiger partial charge in [0.15, 0.2) is 9.84 Å². The number of aromatic amines is 1. The maximum Gasteiger partial charge on any atom is 0.253 e. The van der Waals surface area contributed by atoms with Crippen molar-refractivity contribution in [2.45, 2.75) is 25.4 Å². The lowest BCUT2D eigenvalue weighted by Gasteiger charge is -2.19. The van der Waals surface area contributed by atoms with Gasteiger partial charge in [-0.05, 0) is 37.6 Å². The highest BCUT2D eigenvalue weighted by Crippen LogP contribution is 2.20. The smallest absolute Gasteiger partial charge is 0.253 e. The van der Waals surface area contributed by atoms with Crippen LogP contribution >= 0.6 is 23.2 Å². The molecule has 7 nitrogen and oxygen atoms in total. The quantitative estimate of drug-likeness (QED) is 0.725. The fourth-order valence-corrected chi connectivity index (χ4v) is 4.37. The summed E-state index contributed by atoms with van der Waals surface area (Å²) in [6.45, 7) is 4.77. The molecule has 0 aliphatic rings. The van der Waals surface area contributed by atoms with Gasteiger partial charge in [0.2, 0.25) is 5.43 Å². The molecule has 1 N–H and O–H groups in total. The van der Waals surface area contributed by atoms with Crippen molar-refractivity contribution in [3.8, 4) is 0 Å². The zero-order valence-electron chi connectivity index (χ0n) is 14.8. The highest BCUT2D eigenvalue weighted by atomic mass is 35.5. The van der Waals surface area contributed by atoms with Crippen LogP contribution < -0.4 is 5.43 Å². The van der Waals surface area contributed by atoms with Crippen molar-refractivity contribution >= 4 is 38.9 Å². The number of H-pyrrole nitrogens is 1. The number of nitrogens with one attached hydrogen (secondary N) is 1. The fraction of sp³-hybridized carbons (Fsp3) is 0.353. The average Bonchev–Trinajstić information content (AvgIpc) is 2.57. The van der Waals surface area contributed by atoms with Gasteiger partial charge in [0.25, 0.3) is 5.91 Å². The molecule has 0 aliphatic carbocycles. The van der Waals surface area contributed by atoms with Gasteiger partial charge < -0.3 is 4.90 Å². The summed E-state index contributed by atoms with van der Waals surface area (Å²) >= 11 is 11.7. The first-order valence-corrected chi connectivity index (χ1v) is 10.8. The molecule has 0 aliphatic heterocycles. The Kier molecular flexibility index (Phi) is 7.02. The van der Waals surface area contributed by atoms with Crippen LogP contribution in [0.2, 0.25) is 10.2 Å². The lowest BCUT2D eigenvalue weighted by Crippen LogP contribution is -2.30. The molecule has 0 fully saturated rings. The summed E-state index contributed by atoms with van der Waals surface area (Å²) in [5, 5.41) is 6.33. The Morgan fingerprint density at radius 1 is 1.11 bits per heavy atom. The molecule has 1 heterocycles. The molecule has 2 rings (SSSR count). The van der Waals surface area contributed by atoms with E-state index in [-0.39, 0.29) is 27.5 Å². The van der Waals surface area contributed by atoms with Gasteiger partial charge in [-0.3, -0.25) is 14.7 Å². The van der Waals surface area contributed by atoms with Gasteiger partial charge in [0.05, 0.1) is 11.5 Å². The largest absolute Gasteiger partial charge is 0.339 e. The van der Waals surface area contributed by atoms with Crippen molar-refractivity contribution in [3.05, 3.63) is 61.5 Å². The van der Waals surface area contributed by atoms with Crippen LogP contribution in [-0.2, 0) is 21.3 Å². The lowest BCUT2D eigenvalue weighted by atomic mass is 10.1. The molecule has 2 aromatic rings. The number of halogens is 2. The molecule has 0 spiro atoms.